The number of benzene rings is 1. The van der Waals surface area contributed by atoms with E-state index in [0.717, 1.165) is 27.3 Å². The predicted molar refractivity (Wildman–Crippen MR) is 117 cm³/mol. The average molecular weight is 443 g/mol. The van der Waals surface area contributed by atoms with E-state index in [1.54, 1.807) is 13.2 Å². The van der Waals surface area contributed by atoms with Gasteiger partial charge in [0.2, 0.25) is 5.76 Å². The highest BCUT2D eigenvalue weighted by Crippen LogP contribution is 2.37. The lowest BCUT2D eigenvalue weighted by Crippen LogP contribution is -2.08. The minimum Gasteiger partial charge on any atom is -0.496 e. The summed E-state index contributed by atoms with van der Waals surface area (Å²) in [4.78, 5) is 32.9. The minimum absolute atomic E-state index is 0.115. The number of aryl methyl sites for hydroxylation is 2. The van der Waals surface area contributed by atoms with Crippen molar-refractivity contribution in [2.45, 2.75) is 24.8 Å². The van der Waals surface area contributed by atoms with Gasteiger partial charge < -0.3 is 19.2 Å². The number of aromatic carboxylic acids is 1. The largest absolute Gasteiger partial charge is 0.496 e. The number of nitrogens with one attached hydrogen (secondary N) is 1. The number of H-pyrrole nitrogens is 1. The van der Waals surface area contributed by atoms with Gasteiger partial charge in [0.15, 0.2) is 5.16 Å². The highest BCUT2D eigenvalue weighted by Gasteiger charge is 2.18. The molecule has 0 aliphatic carbocycles. The Morgan fingerprint density at radius 1 is 1.30 bits per heavy atom. The topological polar surface area (TPSA) is 105 Å². The molecule has 154 valence electrons. The van der Waals surface area contributed by atoms with Crippen LogP contribution in [0.15, 0.2) is 44.7 Å². The summed E-state index contributed by atoms with van der Waals surface area (Å²) < 4.78 is 10.6. The number of hydrogen-bond acceptors (Lipinski definition) is 7. The van der Waals surface area contributed by atoms with Crippen LogP contribution in [0.25, 0.3) is 21.3 Å². The number of carboxylic acids is 1. The summed E-state index contributed by atoms with van der Waals surface area (Å²) in [5.74, 6) is 0.421. The Kier molecular flexibility index (Phi) is 5.40. The van der Waals surface area contributed by atoms with Crippen molar-refractivity contribution in [2.75, 3.05) is 7.11 Å². The van der Waals surface area contributed by atoms with Gasteiger partial charge in [-0.15, -0.1) is 11.3 Å². The Labute approximate surface area is 179 Å². The van der Waals surface area contributed by atoms with Crippen LogP contribution in [0.2, 0.25) is 0 Å². The molecule has 3 aromatic heterocycles. The first-order valence-electron chi connectivity index (χ1n) is 9.00. The lowest BCUT2D eigenvalue weighted by Gasteiger charge is -2.08. The highest BCUT2D eigenvalue weighted by molar-refractivity contribution is 7.98. The van der Waals surface area contributed by atoms with Crippen LogP contribution in [0.5, 0.6) is 5.75 Å². The van der Waals surface area contributed by atoms with Gasteiger partial charge in [0.25, 0.3) is 5.56 Å². The third-order valence-electron chi connectivity index (χ3n) is 4.62. The van der Waals surface area contributed by atoms with Gasteiger partial charge in [-0.05, 0) is 49.2 Å². The molecule has 7 nitrogen and oxygen atoms in total. The molecular formula is C21H18N2O5S2. The highest BCUT2D eigenvalue weighted by atomic mass is 32.2. The van der Waals surface area contributed by atoms with Crippen LogP contribution >= 0.6 is 23.1 Å². The third kappa shape index (κ3) is 3.73. The van der Waals surface area contributed by atoms with E-state index in [1.165, 1.54) is 29.2 Å². The average Bonchev–Trinajstić information content (AvgIpc) is 3.30. The lowest BCUT2D eigenvalue weighted by molar-refractivity contribution is 0.0661. The fraction of sp³-hybridized carbons (Fsp3) is 0.190. The zero-order valence-electron chi connectivity index (χ0n) is 16.4. The molecule has 9 heteroatoms. The summed E-state index contributed by atoms with van der Waals surface area (Å²) in [5, 5.41) is 9.97. The van der Waals surface area contributed by atoms with Gasteiger partial charge in [0.05, 0.1) is 18.2 Å². The Morgan fingerprint density at radius 2 is 2.10 bits per heavy atom. The van der Waals surface area contributed by atoms with Gasteiger partial charge in [-0.2, -0.15) is 0 Å². The van der Waals surface area contributed by atoms with Crippen LogP contribution in [-0.2, 0) is 5.75 Å². The van der Waals surface area contributed by atoms with Gasteiger partial charge in [-0.1, -0.05) is 17.8 Å². The van der Waals surface area contributed by atoms with E-state index in [0.29, 0.717) is 26.9 Å². The molecule has 0 atom stereocenters. The molecule has 0 spiro atoms. The lowest BCUT2D eigenvalue weighted by atomic mass is 10.0. The summed E-state index contributed by atoms with van der Waals surface area (Å²) in [6, 6.07) is 8.86. The van der Waals surface area contributed by atoms with Gasteiger partial charge in [0, 0.05) is 10.4 Å². The van der Waals surface area contributed by atoms with Crippen molar-refractivity contribution in [3.8, 4) is 16.9 Å². The number of thioether (sulfide) groups is 1. The fourth-order valence-corrected chi connectivity index (χ4v) is 5.12. The van der Waals surface area contributed by atoms with E-state index in [9.17, 15) is 9.59 Å². The minimum atomic E-state index is -1.12. The monoisotopic (exact) mass is 442 g/mol. The van der Waals surface area contributed by atoms with Gasteiger partial charge in [-0.25, -0.2) is 9.78 Å². The van der Waals surface area contributed by atoms with E-state index in [4.69, 9.17) is 14.3 Å². The van der Waals surface area contributed by atoms with E-state index < -0.39 is 5.97 Å². The number of carbonyl (C=O) groups is 1. The second-order valence-corrected chi connectivity index (χ2v) is 8.80. The molecule has 4 aromatic rings. The van der Waals surface area contributed by atoms with Crippen molar-refractivity contribution in [3.05, 3.63) is 62.6 Å². The van der Waals surface area contributed by atoms with E-state index in [1.807, 2.05) is 32.0 Å². The first kappa shape index (κ1) is 20.2. The molecule has 0 saturated carbocycles. The number of rotatable bonds is 6. The normalized spacial score (nSPS) is 11.2. The molecule has 0 amide bonds. The second-order valence-electron chi connectivity index (χ2n) is 6.63. The fourth-order valence-electron chi connectivity index (χ4n) is 3.26. The number of thiophene rings is 1. The Hall–Kier alpha value is -3.04. The summed E-state index contributed by atoms with van der Waals surface area (Å²) in [6.45, 7) is 3.94. The van der Waals surface area contributed by atoms with Crippen molar-refractivity contribution in [3.63, 3.8) is 0 Å². The molecule has 0 bridgehead atoms. The van der Waals surface area contributed by atoms with Crippen LogP contribution < -0.4 is 10.3 Å². The maximum atomic E-state index is 12.9. The van der Waals surface area contributed by atoms with Crippen molar-refractivity contribution >= 4 is 39.3 Å². The zero-order chi connectivity index (χ0) is 21.4. The second kappa shape index (κ2) is 8.00. The van der Waals surface area contributed by atoms with Crippen LogP contribution in [-0.4, -0.2) is 28.2 Å². The predicted octanol–water partition coefficient (Wildman–Crippen LogP) is 4.86. The molecule has 0 fully saturated rings. The number of furan rings is 1. The summed E-state index contributed by atoms with van der Waals surface area (Å²) in [5.41, 5.74) is 2.61. The van der Waals surface area contributed by atoms with Crippen LogP contribution in [0.3, 0.4) is 0 Å². The summed E-state index contributed by atoms with van der Waals surface area (Å²) in [7, 11) is 1.63. The molecular weight excluding hydrogens is 424 g/mol. The molecule has 0 saturated heterocycles. The maximum Gasteiger partial charge on any atom is 0.371 e. The number of hydrogen-bond donors (Lipinski definition) is 2. The number of carboxylic acid groups (broad SMARTS) is 1. The van der Waals surface area contributed by atoms with Crippen LogP contribution in [0.1, 0.15) is 26.8 Å². The molecule has 0 aliphatic heterocycles. The van der Waals surface area contributed by atoms with Gasteiger partial charge in [0.1, 0.15) is 16.3 Å². The first-order chi connectivity index (χ1) is 14.4. The molecule has 0 radical (unpaired) electrons. The van der Waals surface area contributed by atoms with Gasteiger partial charge in [-0.3, -0.25) is 4.79 Å². The maximum absolute atomic E-state index is 12.9. The van der Waals surface area contributed by atoms with Gasteiger partial charge >= 0.3 is 5.97 Å². The quantitative estimate of drug-likeness (QED) is 0.324. The van der Waals surface area contributed by atoms with Crippen LogP contribution in [0.4, 0.5) is 0 Å². The number of fused-ring (bicyclic) bond motifs is 1. The Balaban J connectivity index is 1.67. The molecule has 2 N–H and O–H groups in total. The number of ether oxygens (including phenoxy) is 1. The van der Waals surface area contributed by atoms with Crippen LogP contribution in [0, 0.1) is 13.8 Å². The molecule has 0 aliphatic rings. The van der Waals surface area contributed by atoms with E-state index in [2.05, 4.69) is 9.97 Å². The molecule has 4 rings (SSSR count). The molecule has 3 heterocycles. The smallest absolute Gasteiger partial charge is 0.371 e. The number of methoxy groups -OCH3 is 1. The summed E-state index contributed by atoms with van der Waals surface area (Å²) in [6.07, 6.45) is 0. The van der Waals surface area contributed by atoms with E-state index in [-0.39, 0.29) is 11.3 Å². The van der Waals surface area contributed by atoms with Crippen molar-refractivity contribution in [1.82, 2.24) is 9.97 Å². The zero-order valence-corrected chi connectivity index (χ0v) is 18.1. The standard InChI is InChI=1S/C21H18N2O5S2/c1-10-8-12(4-6-14(10)27-3)16-11(2)30-19-17(16)18(24)22-21(23-19)29-9-13-5-7-15(28-13)20(25)26/h4-8H,9H2,1-3H3,(H,25,26)(H,22,23,24). The molecule has 0 unspecified atom stereocenters. The SMILES string of the molecule is COc1ccc(-c2c(C)sc3nc(SCc4ccc(C(=O)O)o4)[nH]c(=O)c23)cc1C. The van der Waals surface area contributed by atoms with E-state index >= 15 is 0 Å². The molecule has 1 aromatic carbocycles. The number of aromatic amines is 1. The Morgan fingerprint density at radius 3 is 2.77 bits per heavy atom. The Bertz CT molecular complexity index is 1320. The molecule has 30 heavy (non-hydrogen) atoms. The number of nitrogens with zero attached hydrogens (tertiary/aromatic N) is 1. The van der Waals surface area contributed by atoms with Crippen molar-refractivity contribution in [1.29, 1.82) is 0 Å². The van der Waals surface area contributed by atoms with Crippen molar-refractivity contribution in [2.24, 2.45) is 0 Å². The number of aromatic nitrogens is 2. The first-order valence-corrected chi connectivity index (χ1v) is 10.8. The van der Waals surface area contributed by atoms with Crippen molar-refractivity contribution < 1.29 is 19.1 Å². The third-order valence-corrected chi connectivity index (χ3v) is 6.52. The summed E-state index contributed by atoms with van der Waals surface area (Å²) >= 11 is 2.75.